The molecule has 1 aromatic rings. The number of piperidine rings is 1. The predicted octanol–water partition coefficient (Wildman–Crippen LogP) is 3.00. The molecule has 2 heterocycles. The fraction of sp³-hybridized carbons (Fsp3) is 0.800. The summed E-state index contributed by atoms with van der Waals surface area (Å²) in [6, 6.07) is 0. The van der Waals surface area contributed by atoms with Crippen LogP contribution in [-0.4, -0.2) is 29.5 Å². The molecule has 1 unspecified atom stereocenters. The van der Waals surface area contributed by atoms with Crippen molar-refractivity contribution in [3.8, 4) is 0 Å². The SMILES string of the molecule is CC(C)(C)c1cnc(CN2CCCC(CCN)C2)s1. The van der Waals surface area contributed by atoms with Gasteiger partial charge in [0.1, 0.15) is 5.01 Å². The molecule has 1 aromatic heterocycles. The minimum absolute atomic E-state index is 0.222. The van der Waals surface area contributed by atoms with Gasteiger partial charge >= 0.3 is 0 Å². The lowest BCUT2D eigenvalue weighted by Gasteiger charge is -2.31. The van der Waals surface area contributed by atoms with Crippen molar-refractivity contribution in [2.45, 2.75) is 52.0 Å². The van der Waals surface area contributed by atoms with Crippen LogP contribution >= 0.6 is 11.3 Å². The molecule has 1 saturated heterocycles. The highest BCUT2D eigenvalue weighted by Crippen LogP contribution is 2.29. The van der Waals surface area contributed by atoms with Gasteiger partial charge in [0.2, 0.25) is 0 Å². The molecule has 0 aliphatic carbocycles. The Morgan fingerprint density at radius 1 is 1.47 bits per heavy atom. The van der Waals surface area contributed by atoms with Crippen LogP contribution in [0.4, 0.5) is 0 Å². The number of hydrogen-bond donors (Lipinski definition) is 1. The Labute approximate surface area is 121 Å². The normalized spacial score (nSPS) is 21.8. The maximum Gasteiger partial charge on any atom is 0.107 e. The fourth-order valence-electron chi connectivity index (χ4n) is 2.69. The molecular weight excluding hydrogens is 254 g/mol. The van der Waals surface area contributed by atoms with E-state index in [4.69, 9.17) is 5.73 Å². The zero-order valence-corrected chi connectivity index (χ0v) is 13.3. The molecule has 0 amide bonds. The molecule has 2 N–H and O–H groups in total. The van der Waals surface area contributed by atoms with Crippen molar-refractivity contribution < 1.29 is 0 Å². The van der Waals surface area contributed by atoms with Crippen molar-refractivity contribution in [2.75, 3.05) is 19.6 Å². The molecule has 2 rings (SSSR count). The summed E-state index contributed by atoms with van der Waals surface area (Å²) >= 11 is 1.87. The highest BCUT2D eigenvalue weighted by molar-refractivity contribution is 7.11. The van der Waals surface area contributed by atoms with Crippen molar-refractivity contribution in [2.24, 2.45) is 11.7 Å². The lowest BCUT2D eigenvalue weighted by Crippen LogP contribution is -2.35. The third-order valence-corrected chi connectivity index (χ3v) is 5.24. The minimum Gasteiger partial charge on any atom is -0.330 e. The summed E-state index contributed by atoms with van der Waals surface area (Å²) in [5.74, 6) is 0.792. The standard InChI is InChI=1S/C15H27N3S/c1-15(2,3)13-9-17-14(19-13)11-18-8-4-5-12(10-18)6-7-16/h9,12H,4-8,10-11,16H2,1-3H3. The molecular formula is C15H27N3S. The number of nitrogens with two attached hydrogens (primary N) is 1. The fourth-order valence-corrected chi connectivity index (χ4v) is 3.71. The van der Waals surface area contributed by atoms with Crippen LogP contribution in [0.3, 0.4) is 0 Å². The number of aromatic nitrogens is 1. The van der Waals surface area contributed by atoms with Gasteiger partial charge in [0.15, 0.2) is 0 Å². The molecule has 0 radical (unpaired) electrons. The van der Waals surface area contributed by atoms with Gasteiger partial charge in [-0.05, 0) is 43.7 Å². The van der Waals surface area contributed by atoms with Crippen molar-refractivity contribution in [3.05, 3.63) is 16.1 Å². The van der Waals surface area contributed by atoms with Gasteiger partial charge in [-0.1, -0.05) is 20.8 Å². The average Bonchev–Trinajstić information content (AvgIpc) is 2.78. The Bertz CT molecular complexity index is 392. The first-order valence-electron chi connectivity index (χ1n) is 7.36. The van der Waals surface area contributed by atoms with E-state index in [1.54, 1.807) is 0 Å². The van der Waals surface area contributed by atoms with E-state index in [-0.39, 0.29) is 5.41 Å². The van der Waals surface area contributed by atoms with Crippen molar-refractivity contribution in [1.82, 2.24) is 9.88 Å². The van der Waals surface area contributed by atoms with Gasteiger partial charge in [0.05, 0.1) is 6.54 Å². The van der Waals surface area contributed by atoms with Gasteiger partial charge in [0.25, 0.3) is 0 Å². The molecule has 1 aliphatic heterocycles. The Morgan fingerprint density at radius 2 is 2.26 bits per heavy atom. The van der Waals surface area contributed by atoms with Crippen LogP contribution in [0.25, 0.3) is 0 Å². The number of rotatable bonds is 4. The van der Waals surface area contributed by atoms with E-state index < -0.39 is 0 Å². The van der Waals surface area contributed by atoms with Gasteiger partial charge < -0.3 is 5.73 Å². The number of hydrogen-bond acceptors (Lipinski definition) is 4. The molecule has 1 atom stereocenters. The van der Waals surface area contributed by atoms with Crippen molar-refractivity contribution >= 4 is 11.3 Å². The van der Waals surface area contributed by atoms with Crippen LogP contribution < -0.4 is 5.73 Å². The molecule has 108 valence electrons. The monoisotopic (exact) mass is 281 g/mol. The second-order valence-corrected chi connectivity index (χ2v) is 7.80. The lowest BCUT2D eigenvalue weighted by atomic mass is 9.95. The molecule has 1 aliphatic rings. The first-order chi connectivity index (χ1) is 8.99. The highest BCUT2D eigenvalue weighted by atomic mass is 32.1. The number of nitrogens with zero attached hydrogens (tertiary/aromatic N) is 2. The largest absolute Gasteiger partial charge is 0.330 e. The maximum absolute atomic E-state index is 5.68. The van der Waals surface area contributed by atoms with E-state index in [2.05, 4.69) is 36.9 Å². The van der Waals surface area contributed by atoms with Crippen LogP contribution in [0.5, 0.6) is 0 Å². The van der Waals surface area contributed by atoms with Crippen molar-refractivity contribution in [1.29, 1.82) is 0 Å². The number of thiazole rings is 1. The molecule has 0 spiro atoms. The molecule has 0 aromatic carbocycles. The molecule has 4 heteroatoms. The van der Waals surface area contributed by atoms with E-state index >= 15 is 0 Å². The van der Waals surface area contributed by atoms with E-state index in [1.165, 1.54) is 42.2 Å². The van der Waals surface area contributed by atoms with E-state index in [9.17, 15) is 0 Å². The van der Waals surface area contributed by atoms with Crippen LogP contribution in [0.15, 0.2) is 6.20 Å². The number of likely N-dealkylation sites (tertiary alicyclic amines) is 1. The molecule has 0 saturated carbocycles. The molecule has 0 bridgehead atoms. The molecule has 1 fully saturated rings. The molecule has 19 heavy (non-hydrogen) atoms. The summed E-state index contributed by atoms with van der Waals surface area (Å²) in [5, 5.41) is 1.26. The van der Waals surface area contributed by atoms with E-state index in [1.807, 2.05) is 11.3 Å². The average molecular weight is 281 g/mol. The van der Waals surface area contributed by atoms with Gasteiger partial charge in [-0.3, -0.25) is 4.90 Å². The van der Waals surface area contributed by atoms with Gasteiger partial charge in [0, 0.05) is 17.6 Å². The van der Waals surface area contributed by atoms with Crippen LogP contribution in [-0.2, 0) is 12.0 Å². The lowest BCUT2D eigenvalue weighted by molar-refractivity contribution is 0.163. The van der Waals surface area contributed by atoms with Gasteiger partial charge in [-0.25, -0.2) is 4.98 Å². The summed E-state index contributed by atoms with van der Waals surface area (Å²) in [6.45, 7) is 11.0. The van der Waals surface area contributed by atoms with Crippen LogP contribution in [0.1, 0.15) is 49.9 Å². The third-order valence-electron chi connectivity index (χ3n) is 3.83. The quantitative estimate of drug-likeness (QED) is 0.922. The summed E-state index contributed by atoms with van der Waals surface area (Å²) < 4.78 is 0. The van der Waals surface area contributed by atoms with E-state index in [0.29, 0.717) is 0 Å². The Hall–Kier alpha value is -0.450. The first kappa shape index (κ1) is 14.9. The Balaban J connectivity index is 1.92. The second-order valence-electron chi connectivity index (χ2n) is 6.69. The summed E-state index contributed by atoms with van der Waals surface area (Å²) in [6.07, 6.45) is 5.88. The van der Waals surface area contributed by atoms with Crippen molar-refractivity contribution in [3.63, 3.8) is 0 Å². The summed E-state index contributed by atoms with van der Waals surface area (Å²) in [4.78, 5) is 8.54. The first-order valence-corrected chi connectivity index (χ1v) is 8.18. The summed E-state index contributed by atoms with van der Waals surface area (Å²) in [5.41, 5.74) is 5.90. The second kappa shape index (κ2) is 6.33. The third kappa shape index (κ3) is 4.26. The van der Waals surface area contributed by atoms with Gasteiger partial charge in [-0.2, -0.15) is 0 Å². The van der Waals surface area contributed by atoms with Crippen LogP contribution in [0, 0.1) is 5.92 Å². The van der Waals surface area contributed by atoms with E-state index in [0.717, 1.165) is 19.0 Å². The Kier molecular flexibility index (Phi) is 4.98. The zero-order valence-electron chi connectivity index (χ0n) is 12.5. The minimum atomic E-state index is 0.222. The zero-order chi connectivity index (χ0) is 13.9. The summed E-state index contributed by atoms with van der Waals surface area (Å²) in [7, 11) is 0. The van der Waals surface area contributed by atoms with Gasteiger partial charge in [-0.15, -0.1) is 11.3 Å². The molecule has 3 nitrogen and oxygen atoms in total. The smallest absolute Gasteiger partial charge is 0.107 e. The predicted molar refractivity (Wildman–Crippen MR) is 82.5 cm³/mol. The topological polar surface area (TPSA) is 42.2 Å². The van der Waals surface area contributed by atoms with Crippen LogP contribution in [0.2, 0.25) is 0 Å². The Morgan fingerprint density at radius 3 is 2.89 bits per heavy atom. The maximum atomic E-state index is 5.68. The highest BCUT2D eigenvalue weighted by Gasteiger charge is 2.22.